The Balaban J connectivity index is 1.30. The summed E-state index contributed by atoms with van der Waals surface area (Å²) >= 11 is 0. The van der Waals surface area contributed by atoms with E-state index in [0.717, 1.165) is 30.7 Å². The van der Waals surface area contributed by atoms with Gasteiger partial charge < -0.3 is 4.48 Å². The monoisotopic (exact) mass is 851 g/mol. The van der Waals surface area contributed by atoms with Crippen LogP contribution in [0.1, 0.15) is 128 Å². The van der Waals surface area contributed by atoms with Crippen molar-refractivity contribution in [3.05, 3.63) is 190 Å². The summed E-state index contributed by atoms with van der Waals surface area (Å²) in [6, 6.07) is 57.3. The van der Waals surface area contributed by atoms with Gasteiger partial charge in [0.1, 0.15) is 26.2 Å². The average Bonchev–Trinajstić information content (AvgIpc) is 3.49. The zero-order valence-corrected chi connectivity index (χ0v) is 41.1. The van der Waals surface area contributed by atoms with Crippen LogP contribution in [-0.2, 0) is 47.8 Å². The lowest BCUT2D eigenvalue weighted by Crippen LogP contribution is -2.44. The van der Waals surface area contributed by atoms with E-state index in [0.29, 0.717) is 0 Å². The molecule has 2 aliphatic heterocycles. The van der Waals surface area contributed by atoms with Crippen molar-refractivity contribution in [3.63, 3.8) is 0 Å². The van der Waals surface area contributed by atoms with Crippen LogP contribution in [0.15, 0.2) is 146 Å². The maximum atomic E-state index is 2.51. The molecule has 0 bridgehead atoms. The van der Waals surface area contributed by atoms with E-state index >= 15 is 0 Å². The first-order chi connectivity index (χ1) is 30.7. The first-order valence-electron chi connectivity index (χ1n) is 24.1. The van der Waals surface area contributed by atoms with Crippen LogP contribution in [-0.4, -0.2) is 4.48 Å². The number of fused-ring (bicyclic) bond motifs is 10. The molecule has 1 spiro atoms. The fraction of sp³-hybridized carbons (Fsp3) is 0.312. The largest absolute Gasteiger partial charge is 0.309 e. The molecule has 0 unspecified atom stereocenters. The van der Waals surface area contributed by atoms with Gasteiger partial charge in [-0.1, -0.05) is 229 Å². The van der Waals surface area contributed by atoms with E-state index < -0.39 is 0 Å². The highest BCUT2D eigenvalue weighted by Crippen LogP contribution is 2.50. The van der Waals surface area contributed by atoms with Gasteiger partial charge in [-0.3, -0.25) is 0 Å². The third-order valence-electron chi connectivity index (χ3n) is 14.9. The minimum absolute atomic E-state index is 0.00822. The number of hydrogen-bond acceptors (Lipinski definition) is 0. The summed E-state index contributed by atoms with van der Waals surface area (Å²) in [7, 11) is 0. The quantitative estimate of drug-likeness (QED) is 0.152. The fourth-order valence-corrected chi connectivity index (χ4v) is 11.1. The molecule has 1 nitrogen and oxygen atoms in total. The van der Waals surface area contributed by atoms with Crippen molar-refractivity contribution in [2.45, 2.75) is 131 Å². The van der Waals surface area contributed by atoms with Crippen LogP contribution in [0.5, 0.6) is 0 Å². The van der Waals surface area contributed by atoms with Crippen LogP contribution in [0.3, 0.4) is 0 Å². The van der Waals surface area contributed by atoms with Gasteiger partial charge in [0.15, 0.2) is 0 Å². The molecular formula is C64H68N+. The lowest BCUT2D eigenvalue weighted by Gasteiger charge is -2.39. The third-order valence-corrected chi connectivity index (χ3v) is 14.9. The van der Waals surface area contributed by atoms with Gasteiger partial charge in [0.25, 0.3) is 0 Å². The van der Waals surface area contributed by atoms with E-state index in [4.69, 9.17) is 0 Å². The predicted molar refractivity (Wildman–Crippen MR) is 280 cm³/mol. The van der Waals surface area contributed by atoms with Crippen molar-refractivity contribution < 1.29 is 4.48 Å². The standard InChI is InChI=1S/C64H68N/c1-61(2,3)47-31-45(32-48(35-47)62(4,5)6)51-23-17-25-55-56-26-18-24-52(46-33-49(63(7,8)9)36-50(34-46)64(10,11)12)58(56)40-65(39-57(51)55)37-43-29-27-41-19-13-15-21-53(41)59(43)60-44(38-65)30-28-42-20-14-16-22-54(42)60/h13-36H,37-40H2,1-12H3/q+1. The van der Waals surface area contributed by atoms with Gasteiger partial charge >= 0.3 is 0 Å². The number of benzene rings is 8. The van der Waals surface area contributed by atoms with Crippen molar-refractivity contribution >= 4 is 21.5 Å². The van der Waals surface area contributed by atoms with Crippen LogP contribution in [0, 0.1) is 0 Å². The second-order valence-corrected chi connectivity index (χ2v) is 23.9. The number of hydrogen-bond donors (Lipinski definition) is 0. The Bertz CT molecular complexity index is 2900. The molecule has 328 valence electrons. The molecule has 8 aromatic carbocycles. The molecular weight excluding hydrogens is 783 g/mol. The normalized spacial score (nSPS) is 15.0. The van der Waals surface area contributed by atoms with Crippen LogP contribution in [0.25, 0.3) is 66.1 Å². The highest BCUT2D eigenvalue weighted by atomic mass is 15.4. The van der Waals surface area contributed by atoms with Crippen LogP contribution < -0.4 is 0 Å². The Labute approximate surface area is 389 Å². The topological polar surface area (TPSA) is 0 Å². The summed E-state index contributed by atoms with van der Waals surface area (Å²) in [5.74, 6) is 0. The van der Waals surface area contributed by atoms with E-state index in [1.54, 1.807) is 0 Å². The van der Waals surface area contributed by atoms with Crippen molar-refractivity contribution in [1.82, 2.24) is 0 Å². The van der Waals surface area contributed by atoms with Crippen molar-refractivity contribution in [1.29, 1.82) is 0 Å². The Morgan fingerprint density at radius 2 is 0.662 bits per heavy atom. The van der Waals surface area contributed by atoms with Crippen LogP contribution >= 0.6 is 0 Å². The molecule has 2 heterocycles. The van der Waals surface area contributed by atoms with Gasteiger partial charge in [0.05, 0.1) is 0 Å². The fourth-order valence-electron chi connectivity index (χ4n) is 11.1. The second-order valence-electron chi connectivity index (χ2n) is 23.9. The Morgan fingerprint density at radius 1 is 0.323 bits per heavy atom. The van der Waals surface area contributed by atoms with Gasteiger partial charge in [-0.15, -0.1) is 0 Å². The van der Waals surface area contributed by atoms with Gasteiger partial charge in [0.2, 0.25) is 0 Å². The van der Waals surface area contributed by atoms with E-state index in [-0.39, 0.29) is 21.7 Å². The summed E-state index contributed by atoms with van der Waals surface area (Å²) in [5.41, 5.74) is 22.3. The highest BCUT2D eigenvalue weighted by molar-refractivity contribution is 6.08. The maximum Gasteiger partial charge on any atom is 0.106 e. The Morgan fingerprint density at radius 3 is 1.02 bits per heavy atom. The minimum Gasteiger partial charge on any atom is -0.309 e. The molecule has 0 radical (unpaired) electrons. The first kappa shape index (κ1) is 43.1. The molecule has 0 atom stereocenters. The lowest BCUT2D eigenvalue weighted by atomic mass is 9.78. The molecule has 10 rings (SSSR count). The third kappa shape index (κ3) is 7.74. The molecule has 65 heavy (non-hydrogen) atoms. The van der Waals surface area contributed by atoms with Crippen LogP contribution in [0.2, 0.25) is 0 Å². The average molecular weight is 851 g/mol. The van der Waals surface area contributed by atoms with Crippen molar-refractivity contribution in [2.75, 3.05) is 0 Å². The van der Waals surface area contributed by atoms with E-state index in [2.05, 4.69) is 229 Å². The summed E-state index contributed by atoms with van der Waals surface area (Å²) in [4.78, 5) is 0. The van der Waals surface area contributed by atoms with Gasteiger partial charge in [-0.05, 0) is 110 Å². The zero-order chi connectivity index (χ0) is 45.8. The van der Waals surface area contributed by atoms with Crippen molar-refractivity contribution in [2.24, 2.45) is 0 Å². The number of quaternary nitrogens is 1. The smallest absolute Gasteiger partial charge is 0.106 e. The maximum absolute atomic E-state index is 2.51. The van der Waals surface area contributed by atoms with Crippen LogP contribution in [0.4, 0.5) is 0 Å². The predicted octanol–water partition coefficient (Wildman–Crippen LogP) is 17.4. The van der Waals surface area contributed by atoms with Gasteiger partial charge in [0, 0.05) is 22.3 Å². The summed E-state index contributed by atoms with van der Waals surface area (Å²) in [6.45, 7) is 32.0. The second kappa shape index (κ2) is 15.1. The first-order valence-corrected chi connectivity index (χ1v) is 24.1. The number of nitrogens with zero attached hydrogens (tertiary/aromatic N) is 1. The lowest BCUT2D eigenvalue weighted by molar-refractivity contribution is -0.977. The molecule has 0 fully saturated rings. The number of rotatable bonds is 2. The van der Waals surface area contributed by atoms with Crippen molar-refractivity contribution in [3.8, 4) is 44.5 Å². The van der Waals surface area contributed by atoms with E-state index in [1.165, 1.54) is 111 Å². The molecule has 0 amide bonds. The SMILES string of the molecule is CC(C)(C)c1cc(-c2cccc3c2C[N+]2(Cc4ccc5ccccc5c4-c4c(ccc5ccccc45)C2)Cc2c(-c4cc(C(C)(C)C)cc(C(C)(C)C)c4)cccc2-3)cc(C(C)(C)C)c1. The Hall–Kier alpha value is -5.76. The van der Waals surface area contributed by atoms with E-state index in [9.17, 15) is 0 Å². The molecule has 8 aromatic rings. The minimum atomic E-state index is 0.00822. The zero-order valence-electron chi connectivity index (χ0n) is 41.1. The molecule has 0 aliphatic carbocycles. The molecule has 0 aromatic heterocycles. The Kier molecular flexibility index (Phi) is 10.1. The van der Waals surface area contributed by atoms with Gasteiger partial charge in [-0.2, -0.15) is 0 Å². The highest BCUT2D eigenvalue weighted by Gasteiger charge is 2.41. The molecule has 0 saturated heterocycles. The molecule has 0 N–H and O–H groups in total. The van der Waals surface area contributed by atoms with E-state index in [1.807, 2.05) is 0 Å². The molecule has 0 saturated carbocycles. The summed E-state index contributed by atoms with van der Waals surface area (Å²) in [5, 5.41) is 5.30. The molecule has 1 heteroatoms. The summed E-state index contributed by atoms with van der Waals surface area (Å²) in [6.07, 6.45) is 0. The summed E-state index contributed by atoms with van der Waals surface area (Å²) < 4.78 is 0.890. The van der Waals surface area contributed by atoms with Gasteiger partial charge in [-0.25, -0.2) is 0 Å². The molecule has 2 aliphatic rings.